The normalized spacial score (nSPS) is 12.3. The van der Waals surface area contributed by atoms with E-state index in [4.69, 9.17) is 0 Å². The standard InChI is InChI=1S/C14H23N3.2C14H22N3.Sr/c3*1-11(2)7-15-9-13-5-6-14(17-13)10-16-8-12(3)4;/h5-6,9-12,17H,7-8H2,1-4H3;2*5-6,9-12H,7-8H2,1-4H3;/q;2*-1;+2/p+4. The second kappa shape index (κ2) is 29.8. The summed E-state index contributed by atoms with van der Waals surface area (Å²) in [6.07, 6.45) is 11.7. The van der Waals surface area contributed by atoms with Crippen LogP contribution in [0.4, 0.5) is 0 Å². The molecule has 0 amide bonds. The number of nitrogens with zero attached hydrogens (tertiary/aromatic N) is 4. The summed E-state index contributed by atoms with van der Waals surface area (Å²) in [7, 11) is 0. The van der Waals surface area contributed by atoms with Crippen molar-refractivity contribution in [3.05, 3.63) is 70.6 Å². The number of H-pyrrole nitrogens is 1. The van der Waals surface area contributed by atoms with Gasteiger partial charge < -0.3 is 15.0 Å². The molecule has 0 aromatic carbocycles. The van der Waals surface area contributed by atoms with Crippen molar-refractivity contribution < 1.29 is 20.0 Å². The van der Waals surface area contributed by atoms with Crippen LogP contribution in [0.3, 0.4) is 0 Å². The van der Waals surface area contributed by atoms with Gasteiger partial charge in [0.1, 0.15) is 51.0 Å². The Labute approximate surface area is 353 Å². The van der Waals surface area contributed by atoms with E-state index in [2.05, 4.69) is 128 Å². The monoisotopic (exact) mass is 789 g/mol. The molecule has 0 aliphatic rings. The molecule has 0 saturated heterocycles. The largest absolute Gasteiger partial charge is 2.00 e. The summed E-state index contributed by atoms with van der Waals surface area (Å²) >= 11 is 0. The number of aliphatic imine (C=N–C) groups is 2. The van der Waals surface area contributed by atoms with E-state index in [-0.39, 0.29) is 45.5 Å². The second-order valence-electron chi connectivity index (χ2n) is 15.5. The third-order valence-corrected chi connectivity index (χ3v) is 6.60. The van der Waals surface area contributed by atoms with Crippen LogP contribution < -0.4 is 29.9 Å². The van der Waals surface area contributed by atoms with Crippen molar-refractivity contribution in [2.75, 3.05) is 39.3 Å². The topological polar surface area (TPSA) is 125 Å². The van der Waals surface area contributed by atoms with Crippen LogP contribution in [-0.4, -0.2) is 127 Å². The van der Waals surface area contributed by atoms with Crippen LogP contribution in [0.2, 0.25) is 0 Å². The van der Waals surface area contributed by atoms with Crippen LogP contribution in [-0.2, 0) is 0 Å². The van der Waals surface area contributed by atoms with Crippen LogP contribution in [0.15, 0.2) is 46.4 Å². The van der Waals surface area contributed by atoms with Crippen molar-refractivity contribution in [2.24, 2.45) is 45.5 Å². The second-order valence-corrected chi connectivity index (χ2v) is 15.5. The average molecular weight is 790 g/mol. The Morgan fingerprint density at radius 2 is 0.731 bits per heavy atom. The van der Waals surface area contributed by atoms with Crippen molar-refractivity contribution >= 4 is 82.8 Å². The fourth-order valence-corrected chi connectivity index (χ4v) is 4.01. The predicted molar refractivity (Wildman–Crippen MR) is 224 cm³/mol. The molecule has 0 atom stereocenters. The SMILES string of the molecule is CC(C)CN=Cc1ccc(C=NCC(C)C)[nH]1.CC(C)C[NH+]=Cc1ccc(C=[NH+]CC(C)C)[n-]1.CC(C)C[NH+]=Cc1ccc(C=[NH+]CC(C)C)[n-]1.[Sr+2]. The molecule has 10 heteroatoms. The number of nitrogens with one attached hydrogen (secondary N) is 5. The smallest absolute Gasteiger partial charge is 0.648 e. The Bertz CT molecular complexity index is 1200. The first-order valence-electron chi connectivity index (χ1n) is 19.0. The zero-order valence-corrected chi connectivity index (χ0v) is 38.1. The molecule has 52 heavy (non-hydrogen) atoms. The first-order valence-corrected chi connectivity index (χ1v) is 19.0. The van der Waals surface area contributed by atoms with E-state index in [1.165, 1.54) is 0 Å². The first-order chi connectivity index (χ1) is 24.2. The molecule has 3 heterocycles. The zero-order chi connectivity index (χ0) is 38.0. The zero-order valence-electron chi connectivity index (χ0n) is 34.6. The van der Waals surface area contributed by atoms with Crippen LogP contribution >= 0.6 is 0 Å². The van der Waals surface area contributed by atoms with Gasteiger partial charge in [0.25, 0.3) is 0 Å². The minimum Gasteiger partial charge on any atom is -0.648 e. The molecule has 9 nitrogen and oxygen atoms in total. The minimum atomic E-state index is 0. The van der Waals surface area contributed by atoms with E-state index in [9.17, 15) is 0 Å². The maximum absolute atomic E-state index is 4.47. The summed E-state index contributed by atoms with van der Waals surface area (Å²) in [5.74, 6) is 3.82. The molecule has 5 N–H and O–H groups in total. The van der Waals surface area contributed by atoms with Crippen LogP contribution in [0.1, 0.15) is 117 Å². The van der Waals surface area contributed by atoms with Gasteiger partial charge in [0, 0.05) is 49.2 Å². The van der Waals surface area contributed by atoms with Gasteiger partial charge in [0.05, 0.1) is 11.4 Å². The third kappa shape index (κ3) is 27.9. The molecule has 0 radical (unpaired) electrons. The molecule has 0 bridgehead atoms. The van der Waals surface area contributed by atoms with Crippen molar-refractivity contribution in [1.29, 1.82) is 0 Å². The molecular formula is C42H71N9Sr+4. The molecule has 0 aliphatic carbocycles. The maximum Gasteiger partial charge on any atom is 2.00 e. The number of aromatic amines is 1. The van der Waals surface area contributed by atoms with Gasteiger partial charge in [-0.25, -0.2) is 20.0 Å². The molecule has 0 spiro atoms. The quantitative estimate of drug-likeness (QED) is 0.0963. The molecule has 3 rings (SSSR count). The molecule has 0 saturated carbocycles. The number of aromatic nitrogens is 3. The van der Waals surface area contributed by atoms with E-state index < -0.39 is 0 Å². The van der Waals surface area contributed by atoms with E-state index in [0.717, 1.165) is 73.4 Å². The summed E-state index contributed by atoms with van der Waals surface area (Å²) in [6.45, 7) is 31.8. The summed E-state index contributed by atoms with van der Waals surface area (Å²) < 4.78 is 0. The van der Waals surface area contributed by atoms with Gasteiger partial charge in [0.15, 0.2) is 0 Å². The van der Waals surface area contributed by atoms with Gasteiger partial charge in [-0.15, -0.1) is 0 Å². The Morgan fingerprint density at radius 1 is 0.462 bits per heavy atom. The molecular weight excluding hydrogens is 718 g/mol. The number of hydrogen-bond acceptors (Lipinski definition) is 2. The average Bonchev–Trinajstić information content (AvgIpc) is 3.79. The molecule has 282 valence electrons. The fourth-order valence-electron chi connectivity index (χ4n) is 4.01. The van der Waals surface area contributed by atoms with Gasteiger partial charge in [-0.05, 0) is 24.0 Å². The number of hydrogen-bond donors (Lipinski definition) is 5. The van der Waals surface area contributed by atoms with Crippen molar-refractivity contribution in [3.63, 3.8) is 0 Å². The van der Waals surface area contributed by atoms with Gasteiger partial charge in [0.2, 0.25) is 0 Å². The van der Waals surface area contributed by atoms with Crippen LogP contribution in [0.5, 0.6) is 0 Å². The van der Waals surface area contributed by atoms with Gasteiger partial charge in [-0.2, -0.15) is 0 Å². The van der Waals surface area contributed by atoms with E-state index in [1.54, 1.807) is 0 Å². The molecule has 0 fully saturated rings. The first kappa shape index (κ1) is 49.3. The number of rotatable bonds is 18. The Balaban J connectivity index is 0.000000743. The molecule has 0 unspecified atom stereocenters. The molecule has 0 aliphatic heterocycles. The Kier molecular flexibility index (Phi) is 28.2. The summed E-state index contributed by atoms with van der Waals surface area (Å²) in [5, 5.41) is 0. The minimum absolute atomic E-state index is 0. The van der Waals surface area contributed by atoms with Crippen molar-refractivity contribution in [3.8, 4) is 0 Å². The van der Waals surface area contributed by atoms with Crippen LogP contribution in [0.25, 0.3) is 0 Å². The maximum atomic E-state index is 4.47. The van der Waals surface area contributed by atoms with Crippen molar-refractivity contribution in [2.45, 2.75) is 83.1 Å². The predicted octanol–water partition coefficient (Wildman–Crippen LogP) is 0.693. The van der Waals surface area contributed by atoms with E-state index >= 15 is 0 Å². The Hall–Kier alpha value is -2.66. The Morgan fingerprint density at radius 3 is 0.962 bits per heavy atom. The third-order valence-electron chi connectivity index (χ3n) is 6.60. The summed E-state index contributed by atoms with van der Waals surface area (Å²) in [5.41, 5.74) is 6.03. The van der Waals surface area contributed by atoms with E-state index in [1.807, 2.05) is 73.7 Å². The molecule has 3 aromatic heterocycles. The van der Waals surface area contributed by atoms with E-state index in [0.29, 0.717) is 35.5 Å². The van der Waals surface area contributed by atoms with Crippen molar-refractivity contribution in [1.82, 2.24) is 15.0 Å². The van der Waals surface area contributed by atoms with Gasteiger partial charge in [-0.3, -0.25) is 9.98 Å². The van der Waals surface area contributed by atoms with Gasteiger partial charge >= 0.3 is 45.5 Å². The van der Waals surface area contributed by atoms with Gasteiger partial charge in [-0.1, -0.05) is 130 Å². The molecule has 3 aromatic rings. The summed E-state index contributed by atoms with van der Waals surface area (Å²) in [4.78, 5) is 34.0. The fraction of sp³-hybridized carbons (Fsp3) is 0.571. The van der Waals surface area contributed by atoms with Crippen LogP contribution in [0, 0.1) is 35.5 Å². The summed E-state index contributed by atoms with van der Waals surface area (Å²) in [6, 6.07) is 12.2.